The lowest BCUT2D eigenvalue weighted by Gasteiger charge is -2.17. The van der Waals surface area contributed by atoms with Gasteiger partial charge in [0.15, 0.2) is 0 Å². The molecule has 0 saturated heterocycles. The monoisotopic (exact) mass is 288 g/mol. The lowest BCUT2D eigenvalue weighted by atomic mass is 9.94. The summed E-state index contributed by atoms with van der Waals surface area (Å²) in [6, 6.07) is 6.78. The van der Waals surface area contributed by atoms with Gasteiger partial charge in [-0.15, -0.1) is 11.3 Å². The minimum absolute atomic E-state index is 0.522. The van der Waals surface area contributed by atoms with Gasteiger partial charge in [0.25, 0.3) is 0 Å². The second-order valence-electron chi connectivity index (χ2n) is 5.87. The average Bonchev–Trinajstić information content (AvgIpc) is 2.81. The van der Waals surface area contributed by atoms with Crippen LogP contribution in [0, 0.1) is 6.92 Å². The minimum Gasteiger partial charge on any atom is -0.379 e. The first-order chi connectivity index (χ1) is 9.47. The second kappa shape index (κ2) is 6.40. The molecule has 0 amide bonds. The third kappa shape index (κ3) is 3.60. The van der Waals surface area contributed by atoms with Crippen LogP contribution < -0.4 is 5.32 Å². The van der Waals surface area contributed by atoms with Crippen molar-refractivity contribution in [2.75, 3.05) is 5.32 Å². The molecule has 0 atom stereocenters. The van der Waals surface area contributed by atoms with Crippen molar-refractivity contribution < 1.29 is 0 Å². The number of thiazole rings is 1. The molecule has 0 bridgehead atoms. The van der Waals surface area contributed by atoms with E-state index in [0.717, 1.165) is 17.2 Å². The van der Waals surface area contributed by atoms with E-state index < -0.39 is 0 Å². The van der Waals surface area contributed by atoms with Gasteiger partial charge < -0.3 is 5.32 Å². The first-order valence-corrected chi connectivity index (χ1v) is 8.14. The molecular weight excluding hydrogens is 264 g/mol. The molecule has 0 saturated carbocycles. The van der Waals surface area contributed by atoms with E-state index in [1.165, 1.54) is 16.8 Å². The number of hydrogen-bond donors (Lipinski definition) is 1. The Balaban J connectivity index is 2.18. The number of nitrogens with one attached hydrogen (secondary N) is 1. The molecule has 0 aliphatic heterocycles. The van der Waals surface area contributed by atoms with E-state index in [0.29, 0.717) is 11.8 Å². The van der Waals surface area contributed by atoms with E-state index >= 15 is 0 Å². The molecular formula is C17H24N2S. The van der Waals surface area contributed by atoms with Crippen molar-refractivity contribution in [1.82, 2.24) is 4.98 Å². The molecule has 0 aliphatic carbocycles. The van der Waals surface area contributed by atoms with E-state index in [2.05, 4.69) is 61.6 Å². The zero-order chi connectivity index (χ0) is 14.7. The summed E-state index contributed by atoms with van der Waals surface area (Å²) in [6.45, 7) is 11.8. The van der Waals surface area contributed by atoms with E-state index in [1.54, 1.807) is 11.3 Å². The lowest BCUT2D eigenvalue weighted by molar-refractivity contribution is 0.833. The van der Waals surface area contributed by atoms with Gasteiger partial charge in [0.05, 0.1) is 17.2 Å². The molecule has 0 radical (unpaired) electrons. The molecule has 0 fully saturated rings. The second-order valence-corrected chi connectivity index (χ2v) is 6.93. The third-order valence-corrected chi connectivity index (χ3v) is 4.31. The largest absolute Gasteiger partial charge is 0.379 e. The standard InChI is InChI=1S/C17H24N2S/c1-11(2)14-6-7-17(16(8-14)12(3)4)18-9-15-10-20-13(5)19-15/h6-8,10-12,18H,9H2,1-5H3. The minimum atomic E-state index is 0.522. The van der Waals surface area contributed by atoms with E-state index in [1.807, 2.05) is 6.92 Å². The van der Waals surface area contributed by atoms with Crippen molar-refractivity contribution >= 4 is 17.0 Å². The van der Waals surface area contributed by atoms with Crippen molar-refractivity contribution in [3.63, 3.8) is 0 Å². The Morgan fingerprint density at radius 1 is 1.15 bits per heavy atom. The van der Waals surface area contributed by atoms with Crippen LogP contribution in [0.4, 0.5) is 5.69 Å². The quantitative estimate of drug-likeness (QED) is 0.806. The highest BCUT2D eigenvalue weighted by Gasteiger charge is 2.10. The maximum Gasteiger partial charge on any atom is 0.0898 e. The summed E-state index contributed by atoms with van der Waals surface area (Å²) in [7, 11) is 0. The van der Waals surface area contributed by atoms with Gasteiger partial charge in [0, 0.05) is 11.1 Å². The summed E-state index contributed by atoms with van der Waals surface area (Å²) in [4.78, 5) is 4.50. The maximum atomic E-state index is 4.50. The fourth-order valence-corrected chi connectivity index (χ4v) is 2.87. The van der Waals surface area contributed by atoms with E-state index in [9.17, 15) is 0 Å². The first kappa shape index (κ1) is 15.0. The predicted molar refractivity (Wildman–Crippen MR) is 88.8 cm³/mol. The molecule has 108 valence electrons. The molecule has 2 nitrogen and oxygen atoms in total. The predicted octanol–water partition coefficient (Wildman–Crippen LogP) is 5.31. The summed E-state index contributed by atoms with van der Waals surface area (Å²) in [6.07, 6.45) is 0. The molecule has 1 aromatic carbocycles. The Kier molecular flexibility index (Phi) is 4.81. The van der Waals surface area contributed by atoms with Crippen LogP contribution in [0.1, 0.15) is 61.4 Å². The number of rotatable bonds is 5. The number of aryl methyl sites for hydroxylation is 1. The smallest absolute Gasteiger partial charge is 0.0898 e. The molecule has 20 heavy (non-hydrogen) atoms. The number of hydrogen-bond acceptors (Lipinski definition) is 3. The summed E-state index contributed by atoms with van der Waals surface area (Å²) in [5.74, 6) is 1.09. The van der Waals surface area contributed by atoms with Crippen LogP contribution in [-0.4, -0.2) is 4.98 Å². The van der Waals surface area contributed by atoms with Crippen LogP contribution >= 0.6 is 11.3 Å². The van der Waals surface area contributed by atoms with Crippen LogP contribution in [0.25, 0.3) is 0 Å². The molecule has 1 heterocycles. The average molecular weight is 288 g/mol. The zero-order valence-corrected chi connectivity index (χ0v) is 13.8. The van der Waals surface area contributed by atoms with Gasteiger partial charge in [-0.2, -0.15) is 0 Å². The molecule has 0 aliphatic rings. The Morgan fingerprint density at radius 3 is 2.45 bits per heavy atom. The highest BCUT2D eigenvalue weighted by molar-refractivity contribution is 7.09. The zero-order valence-electron chi connectivity index (χ0n) is 13.0. The fraction of sp³-hybridized carbons (Fsp3) is 0.471. The van der Waals surface area contributed by atoms with Gasteiger partial charge in [0.2, 0.25) is 0 Å². The molecule has 1 N–H and O–H groups in total. The molecule has 0 unspecified atom stereocenters. The topological polar surface area (TPSA) is 24.9 Å². The van der Waals surface area contributed by atoms with Gasteiger partial charge in [-0.3, -0.25) is 0 Å². The molecule has 3 heteroatoms. The number of benzene rings is 1. The molecule has 1 aromatic heterocycles. The summed E-state index contributed by atoms with van der Waals surface area (Å²) < 4.78 is 0. The highest BCUT2D eigenvalue weighted by atomic mass is 32.1. The molecule has 2 aromatic rings. The van der Waals surface area contributed by atoms with Crippen LogP contribution in [0.2, 0.25) is 0 Å². The number of aromatic nitrogens is 1. The van der Waals surface area contributed by atoms with Crippen molar-refractivity contribution in [3.05, 3.63) is 45.4 Å². The van der Waals surface area contributed by atoms with Gasteiger partial charge in [-0.05, 0) is 36.0 Å². The highest BCUT2D eigenvalue weighted by Crippen LogP contribution is 2.28. The van der Waals surface area contributed by atoms with Crippen molar-refractivity contribution in [2.24, 2.45) is 0 Å². The van der Waals surface area contributed by atoms with Gasteiger partial charge in [0.1, 0.15) is 0 Å². The van der Waals surface area contributed by atoms with Crippen LogP contribution in [-0.2, 0) is 6.54 Å². The van der Waals surface area contributed by atoms with Crippen LogP contribution in [0.3, 0.4) is 0 Å². The number of nitrogens with zero attached hydrogens (tertiary/aromatic N) is 1. The van der Waals surface area contributed by atoms with Gasteiger partial charge >= 0.3 is 0 Å². The Labute approximate surface area is 126 Å². The van der Waals surface area contributed by atoms with Crippen molar-refractivity contribution in [2.45, 2.75) is 53.0 Å². The van der Waals surface area contributed by atoms with Crippen LogP contribution in [0.15, 0.2) is 23.6 Å². The first-order valence-electron chi connectivity index (χ1n) is 7.26. The fourth-order valence-electron chi connectivity index (χ4n) is 2.25. The lowest BCUT2D eigenvalue weighted by Crippen LogP contribution is -2.05. The summed E-state index contributed by atoms with van der Waals surface area (Å²) in [5, 5.41) is 6.79. The summed E-state index contributed by atoms with van der Waals surface area (Å²) >= 11 is 1.71. The van der Waals surface area contributed by atoms with Crippen molar-refractivity contribution in [1.29, 1.82) is 0 Å². The van der Waals surface area contributed by atoms with Crippen LogP contribution in [0.5, 0.6) is 0 Å². The Bertz CT molecular complexity index is 570. The van der Waals surface area contributed by atoms with Crippen molar-refractivity contribution in [3.8, 4) is 0 Å². The Hall–Kier alpha value is -1.35. The van der Waals surface area contributed by atoms with E-state index in [-0.39, 0.29) is 0 Å². The molecule has 2 rings (SSSR count). The Morgan fingerprint density at radius 2 is 1.90 bits per heavy atom. The van der Waals surface area contributed by atoms with Gasteiger partial charge in [-0.1, -0.05) is 39.8 Å². The summed E-state index contributed by atoms with van der Waals surface area (Å²) in [5.41, 5.74) is 5.15. The normalized spacial score (nSPS) is 11.3. The molecule has 0 spiro atoms. The maximum absolute atomic E-state index is 4.50. The van der Waals surface area contributed by atoms with Gasteiger partial charge in [-0.25, -0.2) is 4.98 Å². The SMILES string of the molecule is Cc1nc(CNc2ccc(C(C)C)cc2C(C)C)cs1. The third-order valence-electron chi connectivity index (χ3n) is 3.49. The number of anilines is 1. The van der Waals surface area contributed by atoms with E-state index in [4.69, 9.17) is 0 Å².